The van der Waals surface area contributed by atoms with E-state index in [9.17, 15) is 13.2 Å². The molecule has 0 atom stereocenters. The molecular formula is C24H30N4O3S. The van der Waals surface area contributed by atoms with Crippen LogP contribution in [0.1, 0.15) is 33.6 Å². The minimum atomic E-state index is -4.04. The molecule has 7 nitrogen and oxygen atoms in total. The number of carbonyl (C=O) groups excluding carboxylic acids is 1. The van der Waals surface area contributed by atoms with Crippen LogP contribution < -0.4 is 9.62 Å². The lowest BCUT2D eigenvalue weighted by molar-refractivity contribution is -0.114. The molecule has 0 saturated carbocycles. The Morgan fingerprint density at radius 1 is 0.906 bits per heavy atom. The van der Waals surface area contributed by atoms with Gasteiger partial charge in [0.05, 0.1) is 17.1 Å². The van der Waals surface area contributed by atoms with Gasteiger partial charge in [-0.3, -0.25) is 13.8 Å². The number of aryl methyl sites for hydroxylation is 6. The second-order valence-corrected chi connectivity index (χ2v) is 10.2. The third-order valence-corrected chi connectivity index (χ3v) is 7.30. The highest BCUT2D eigenvalue weighted by Gasteiger charge is 2.32. The topological polar surface area (TPSA) is 84.3 Å². The molecule has 1 amide bonds. The first-order chi connectivity index (χ1) is 14.9. The quantitative estimate of drug-likeness (QED) is 0.608. The molecule has 0 aliphatic heterocycles. The number of benzene rings is 2. The molecule has 0 aliphatic carbocycles. The molecule has 0 saturated heterocycles. The van der Waals surface area contributed by atoms with Crippen molar-refractivity contribution in [2.45, 2.75) is 46.4 Å². The molecule has 0 aliphatic rings. The predicted molar refractivity (Wildman–Crippen MR) is 128 cm³/mol. The van der Waals surface area contributed by atoms with Crippen molar-refractivity contribution in [3.05, 3.63) is 70.0 Å². The number of nitrogens with one attached hydrogen (secondary N) is 1. The van der Waals surface area contributed by atoms with Crippen molar-refractivity contribution in [3.8, 4) is 0 Å². The maximum absolute atomic E-state index is 13.8. The summed E-state index contributed by atoms with van der Waals surface area (Å²) in [6, 6.07) is 11.2. The van der Waals surface area contributed by atoms with Crippen LogP contribution in [0.2, 0.25) is 0 Å². The van der Waals surface area contributed by atoms with Crippen molar-refractivity contribution in [2.24, 2.45) is 7.05 Å². The van der Waals surface area contributed by atoms with E-state index in [1.165, 1.54) is 8.99 Å². The number of hydrogen-bond acceptors (Lipinski definition) is 4. The van der Waals surface area contributed by atoms with Crippen LogP contribution in [0.4, 0.5) is 11.4 Å². The van der Waals surface area contributed by atoms with Crippen molar-refractivity contribution in [2.75, 3.05) is 16.2 Å². The van der Waals surface area contributed by atoms with E-state index < -0.39 is 15.9 Å². The van der Waals surface area contributed by atoms with Gasteiger partial charge in [0.15, 0.2) is 0 Å². The number of hydrogen-bond donors (Lipinski definition) is 1. The summed E-state index contributed by atoms with van der Waals surface area (Å²) in [4.78, 5) is 13.1. The highest BCUT2D eigenvalue weighted by molar-refractivity contribution is 7.93. The van der Waals surface area contributed by atoms with Crippen molar-refractivity contribution in [1.29, 1.82) is 0 Å². The Morgan fingerprint density at radius 2 is 1.41 bits per heavy atom. The molecule has 0 bridgehead atoms. The van der Waals surface area contributed by atoms with Gasteiger partial charge in [0, 0.05) is 12.7 Å². The van der Waals surface area contributed by atoms with Gasteiger partial charge in [-0.1, -0.05) is 12.1 Å². The van der Waals surface area contributed by atoms with Gasteiger partial charge in [-0.25, -0.2) is 8.42 Å². The molecule has 0 spiro atoms. The van der Waals surface area contributed by atoms with Gasteiger partial charge in [0.25, 0.3) is 10.0 Å². The van der Waals surface area contributed by atoms with E-state index in [4.69, 9.17) is 0 Å². The lowest BCUT2D eigenvalue weighted by Crippen LogP contribution is -2.38. The SMILES string of the molecule is Cc1cc(C)cc(NC(=O)CN(c2cc(C)cc(C)c2)S(=O)(=O)c2c(C)nn(C)c2C)c1. The molecule has 1 heterocycles. The van der Waals surface area contributed by atoms with Crippen molar-refractivity contribution < 1.29 is 13.2 Å². The van der Waals surface area contributed by atoms with Crippen LogP contribution in [0.5, 0.6) is 0 Å². The zero-order chi connectivity index (χ0) is 23.8. The molecule has 0 fully saturated rings. The van der Waals surface area contributed by atoms with E-state index in [-0.39, 0.29) is 11.4 Å². The van der Waals surface area contributed by atoms with Gasteiger partial charge in [0.2, 0.25) is 5.91 Å². The Bertz CT molecular complexity index is 1250. The summed E-state index contributed by atoms with van der Waals surface area (Å²) < 4.78 is 30.3. The average Bonchev–Trinajstić information content (AvgIpc) is 2.90. The summed E-state index contributed by atoms with van der Waals surface area (Å²) in [5, 5.41) is 7.11. The average molecular weight is 455 g/mol. The Hall–Kier alpha value is -3.13. The fourth-order valence-electron chi connectivity index (χ4n) is 4.03. The van der Waals surface area contributed by atoms with Gasteiger partial charge in [-0.15, -0.1) is 0 Å². The molecule has 1 aromatic heterocycles. The van der Waals surface area contributed by atoms with Crippen molar-refractivity contribution in [1.82, 2.24) is 9.78 Å². The minimum Gasteiger partial charge on any atom is -0.324 e. The van der Waals surface area contributed by atoms with E-state index in [2.05, 4.69) is 10.4 Å². The second kappa shape index (κ2) is 8.78. The number of nitrogens with zero attached hydrogens (tertiary/aromatic N) is 3. The molecule has 170 valence electrons. The first kappa shape index (κ1) is 23.5. The van der Waals surface area contributed by atoms with Crippen LogP contribution in [0, 0.1) is 41.5 Å². The highest BCUT2D eigenvalue weighted by atomic mass is 32.2. The van der Waals surface area contributed by atoms with Crippen LogP contribution in [0.3, 0.4) is 0 Å². The number of aromatic nitrogens is 2. The van der Waals surface area contributed by atoms with E-state index in [0.717, 1.165) is 22.3 Å². The fourth-order valence-corrected chi connectivity index (χ4v) is 5.84. The van der Waals surface area contributed by atoms with Crippen LogP contribution in [-0.4, -0.2) is 30.7 Å². The number of amides is 1. The highest BCUT2D eigenvalue weighted by Crippen LogP contribution is 2.29. The fraction of sp³-hybridized carbons (Fsp3) is 0.333. The van der Waals surface area contributed by atoms with E-state index >= 15 is 0 Å². The first-order valence-corrected chi connectivity index (χ1v) is 11.8. The molecular weight excluding hydrogens is 424 g/mol. The van der Waals surface area contributed by atoms with Crippen LogP contribution >= 0.6 is 0 Å². The Labute approximate surface area is 190 Å². The largest absolute Gasteiger partial charge is 0.324 e. The second-order valence-electron chi connectivity index (χ2n) is 8.41. The van der Waals surface area contributed by atoms with Gasteiger partial charge < -0.3 is 5.32 Å². The normalized spacial score (nSPS) is 11.5. The molecule has 8 heteroatoms. The van der Waals surface area contributed by atoms with Crippen LogP contribution in [0.15, 0.2) is 41.3 Å². The van der Waals surface area contributed by atoms with Gasteiger partial charge in [-0.05, 0) is 88.1 Å². The molecule has 2 aromatic carbocycles. The van der Waals surface area contributed by atoms with Crippen LogP contribution in [-0.2, 0) is 21.9 Å². The van der Waals surface area contributed by atoms with Crippen molar-refractivity contribution >= 4 is 27.3 Å². The summed E-state index contributed by atoms with van der Waals surface area (Å²) in [5.41, 5.74) is 5.85. The molecule has 32 heavy (non-hydrogen) atoms. The Morgan fingerprint density at radius 3 is 1.88 bits per heavy atom. The van der Waals surface area contributed by atoms with Crippen molar-refractivity contribution in [3.63, 3.8) is 0 Å². The number of anilines is 2. The summed E-state index contributed by atoms with van der Waals surface area (Å²) in [6.07, 6.45) is 0. The summed E-state index contributed by atoms with van der Waals surface area (Å²) in [5.74, 6) is -0.420. The zero-order valence-corrected chi connectivity index (χ0v) is 20.5. The predicted octanol–water partition coefficient (Wildman–Crippen LogP) is 4.10. The number of carbonyl (C=O) groups is 1. The smallest absolute Gasteiger partial charge is 0.268 e. The van der Waals surface area contributed by atoms with Crippen LogP contribution in [0.25, 0.3) is 0 Å². The summed E-state index contributed by atoms with van der Waals surface area (Å²) >= 11 is 0. The minimum absolute atomic E-state index is 0.123. The van der Waals surface area contributed by atoms with E-state index in [0.29, 0.717) is 22.8 Å². The first-order valence-electron chi connectivity index (χ1n) is 10.4. The maximum Gasteiger partial charge on any atom is 0.268 e. The summed E-state index contributed by atoms with van der Waals surface area (Å²) in [7, 11) is -2.34. The van der Waals surface area contributed by atoms with Gasteiger partial charge >= 0.3 is 0 Å². The lowest BCUT2D eigenvalue weighted by atomic mass is 10.1. The third kappa shape index (κ3) is 4.85. The molecule has 3 rings (SSSR count). The molecule has 3 aromatic rings. The third-order valence-electron chi connectivity index (χ3n) is 5.28. The Kier molecular flexibility index (Phi) is 6.46. The Balaban J connectivity index is 2.05. The zero-order valence-electron chi connectivity index (χ0n) is 19.6. The lowest BCUT2D eigenvalue weighted by Gasteiger charge is -2.25. The van der Waals surface area contributed by atoms with E-state index in [1.807, 2.05) is 52.0 Å². The number of sulfonamides is 1. The molecule has 1 N–H and O–H groups in total. The molecule has 0 unspecified atom stereocenters. The summed E-state index contributed by atoms with van der Waals surface area (Å²) in [6.45, 7) is 10.7. The van der Waals surface area contributed by atoms with E-state index in [1.54, 1.807) is 33.0 Å². The maximum atomic E-state index is 13.8. The standard InChI is InChI=1S/C24H30N4O3S/c1-15-8-16(2)11-21(10-15)25-23(29)14-28(22-12-17(3)9-18(4)13-22)32(30,31)24-19(5)26-27(7)20(24)6/h8-13H,14H2,1-7H3,(H,25,29). The number of rotatable bonds is 6. The monoisotopic (exact) mass is 454 g/mol. The van der Waals surface area contributed by atoms with Gasteiger partial charge in [0.1, 0.15) is 11.4 Å². The van der Waals surface area contributed by atoms with Gasteiger partial charge in [-0.2, -0.15) is 5.10 Å². The molecule has 0 radical (unpaired) electrons.